The number of likely N-dealkylation sites (tertiary alicyclic amines) is 2. The van der Waals surface area contributed by atoms with Crippen molar-refractivity contribution >= 4 is 57.9 Å². The van der Waals surface area contributed by atoms with Crippen molar-refractivity contribution in [3.63, 3.8) is 0 Å². The summed E-state index contributed by atoms with van der Waals surface area (Å²) in [6, 6.07) is 8.57. The molecular formula is C53H83N5O10Si2. The van der Waals surface area contributed by atoms with Gasteiger partial charge < -0.3 is 38.6 Å². The van der Waals surface area contributed by atoms with Crippen LogP contribution in [0.5, 0.6) is 11.5 Å². The number of anilines is 2. The second kappa shape index (κ2) is 23.1. The van der Waals surface area contributed by atoms with Crippen LogP contribution < -0.4 is 25.1 Å². The number of nitrogens with one attached hydrogen (secondary N) is 3. The smallest absolute Gasteiger partial charge is 0.411 e. The van der Waals surface area contributed by atoms with Crippen molar-refractivity contribution in [1.82, 2.24) is 15.1 Å². The fourth-order valence-corrected chi connectivity index (χ4v) is 16.3. The van der Waals surface area contributed by atoms with E-state index in [9.17, 15) is 24.0 Å². The lowest BCUT2D eigenvalue weighted by Crippen LogP contribution is -2.52. The molecule has 1 spiro atoms. The Bertz CT molecular complexity index is 2160. The molecule has 2 saturated heterocycles. The Morgan fingerprint density at radius 1 is 0.886 bits per heavy atom. The highest BCUT2D eigenvalue weighted by Crippen LogP contribution is 2.56. The van der Waals surface area contributed by atoms with Crippen molar-refractivity contribution in [2.75, 3.05) is 44.0 Å². The maximum Gasteiger partial charge on any atom is 0.411 e. The normalized spacial score (nSPS) is 18.3. The summed E-state index contributed by atoms with van der Waals surface area (Å²) in [6.07, 6.45) is 4.60. The Morgan fingerprint density at radius 2 is 1.53 bits per heavy atom. The minimum Gasteiger partial charge on any atom is -0.540 e. The molecule has 0 bridgehead atoms. The molecule has 2 aliphatic heterocycles. The van der Waals surface area contributed by atoms with Gasteiger partial charge in [-0.3, -0.25) is 24.6 Å². The van der Waals surface area contributed by atoms with Crippen LogP contribution in [-0.2, 0) is 30.1 Å². The molecule has 0 aromatic heterocycles. The fraction of sp³-hybridized carbons (Fsp3) is 0.642. The summed E-state index contributed by atoms with van der Waals surface area (Å²) in [4.78, 5) is 71.8. The van der Waals surface area contributed by atoms with Gasteiger partial charge in [0.25, 0.3) is 14.2 Å². The molecule has 1 aliphatic carbocycles. The van der Waals surface area contributed by atoms with E-state index in [0.29, 0.717) is 61.7 Å². The van der Waals surface area contributed by atoms with E-state index >= 15 is 0 Å². The lowest BCUT2D eigenvalue weighted by Gasteiger charge is -2.42. The Hall–Kier alpha value is -4.88. The molecule has 5 amide bonds. The topological polar surface area (TPSA) is 174 Å². The van der Waals surface area contributed by atoms with Gasteiger partial charge in [-0.05, 0) is 108 Å². The third-order valence-electron chi connectivity index (χ3n) is 15.1. The lowest BCUT2D eigenvalue weighted by molar-refractivity contribution is -0.129. The molecule has 3 fully saturated rings. The number of carbonyl (C=O) groups excluding carboxylic acids is 5. The van der Waals surface area contributed by atoms with Gasteiger partial charge in [0.1, 0.15) is 31.0 Å². The first-order valence-electron chi connectivity index (χ1n) is 25.3. The van der Waals surface area contributed by atoms with Gasteiger partial charge in [-0.15, -0.1) is 0 Å². The second-order valence-corrected chi connectivity index (χ2v) is 32.8. The van der Waals surface area contributed by atoms with Crippen LogP contribution in [0.25, 0.3) is 0 Å². The monoisotopic (exact) mass is 1010 g/mol. The molecule has 2 aromatic rings. The van der Waals surface area contributed by atoms with Crippen molar-refractivity contribution < 1.29 is 47.0 Å². The first-order valence-corrected chi connectivity index (χ1v) is 30.4. The number of ether oxygens (including phenoxy) is 3. The van der Waals surface area contributed by atoms with Crippen LogP contribution in [0.4, 0.5) is 21.0 Å². The number of methoxy groups -OCH3 is 1. The van der Waals surface area contributed by atoms with Gasteiger partial charge in [0.05, 0.1) is 31.0 Å². The molecule has 0 radical (unpaired) electrons. The van der Waals surface area contributed by atoms with Crippen LogP contribution in [0.1, 0.15) is 131 Å². The Balaban J connectivity index is 1.34. The molecule has 15 nitrogen and oxygen atoms in total. The maximum atomic E-state index is 15.0. The van der Waals surface area contributed by atoms with Gasteiger partial charge >= 0.3 is 12.2 Å². The molecule has 388 valence electrons. The van der Waals surface area contributed by atoms with E-state index in [1.807, 2.05) is 18.7 Å². The van der Waals surface area contributed by atoms with Gasteiger partial charge in [-0.2, -0.15) is 0 Å². The summed E-state index contributed by atoms with van der Waals surface area (Å²) in [5, 5.41) is 8.71. The van der Waals surface area contributed by atoms with Crippen LogP contribution in [0.3, 0.4) is 0 Å². The Kier molecular flexibility index (Phi) is 18.5. The molecule has 5 rings (SSSR count). The molecular weight excluding hydrogens is 923 g/mol. The third-order valence-corrected chi connectivity index (χ3v) is 25.6. The summed E-state index contributed by atoms with van der Waals surface area (Å²) in [6.45, 7) is 33.2. The number of carbonyl (C=O) groups is 5. The van der Waals surface area contributed by atoms with Crippen molar-refractivity contribution in [2.24, 2.45) is 11.3 Å². The molecule has 70 heavy (non-hydrogen) atoms. The Labute approximate surface area is 419 Å². The van der Waals surface area contributed by atoms with Crippen LogP contribution in [0.15, 0.2) is 49.1 Å². The summed E-state index contributed by atoms with van der Waals surface area (Å²) >= 11 is 0. The predicted molar refractivity (Wildman–Crippen MR) is 280 cm³/mol. The van der Waals surface area contributed by atoms with Crippen LogP contribution in [0.2, 0.25) is 34.8 Å². The molecule has 17 heteroatoms. The second-order valence-electron chi connectivity index (χ2n) is 22.6. The minimum atomic E-state index is -2.52. The molecule has 1 unspecified atom stereocenters. The van der Waals surface area contributed by atoms with Gasteiger partial charge in [0.15, 0.2) is 14.1 Å². The van der Waals surface area contributed by atoms with Crippen molar-refractivity contribution in [3.05, 3.63) is 60.2 Å². The van der Waals surface area contributed by atoms with Crippen molar-refractivity contribution in [2.45, 2.75) is 174 Å². The average Bonchev–Trinajstić information content (AvgIpc) is 3.67. The number of amides is 5. The number of benzene rings is 2. The van der Waals surface area contributed by atoms with Gasteiger partial charge in [-0.25, -0.2) is 9.59 Å². The summed E-state index contributed by atoms with van der Waals surface area (Å²) < 4.78 is 30.8. The summed E-state index contributed by atoms with van der Waals surface area (Å²) in [5.74, 6) is -0.0624. The van der Waals surface area contributed by atoms with E-state index in [2.05, 4.69) is 97.9 Å². The molecule has 3 aliphatic rings. The van der Waals surface area contributed by atoms with E-state index in [-0.39, 0.29) is 69.4 Å². The molecule has 2 aromatic carbocycles. The first-order chi connectivity index (χ1) is 32.8. The Morgan fingerprint density at radius 3 is 2.09 bits per heavy atom. The maximum absolute atomic E-state index is 15.0. The number of hydrogen-bond donors (Lipinski definition) is 3. The molecule has 2 heterocycles. The van der Waals surface area contributed by atoms with E-state index in [0.717, 1.165) is 19.3 Å². The summed E-state index contributed by atoms with van der Waals surface area (Å²) in [7, 11) is -3.07. The number of rotatable bonds is 21. The standard InChI is InChI=1S/C53H83N5O10Si2/c1-16-26-65-51(63)57-25-17-18-44(57)48(60)55-43(27-34(2)3)47(59)54-39-21-19-38(20-22-39)31-66-50(62)56-42-29-46(68-70(35(4)5,36(6)7)37(8)9)45(64-13)28-41(42)49(61)58-33-53(23-24-53)30-40(58)32-67-69(14,15)52(10,11)12/h16,19-22,28-29,34-37,40,43-44H,1,17-18,23-27,30-33H2,2-15H3,(H,54,59)(H,55,60)(H,56,62)/t40-,43?,44-/m0/s1. The van der Waals surface area contributed by atoms with Crippen LogP contribution in [-0.4, -0.2) is 108 Å². The predicted octanol–water partition coefficient (Wildman–Crippen LogP) is 11.3. The first kappa shape index (κ1) is 56.0. The highest BCUT2D eigenvalue weighted by atomic mass is 28.4. The van der Waals surface area contributed by atoms with E-state index in [1.54, 1.807) is 43.5 Å². The minimum absolute atomic E-state index is 0.0129. The molecule has 3 N–H and O–H groups in total. The fourth-order valence-electron chi connectivity index (χ4n) is 10.0. The van der Waals surface area contributed by atoms with Crippen molar-refractivity contribution in [3.8, 4) is 11.5 Å². The highest BCUT2D eigenvalue weighted by Gasteiger charge is 2.54. The summed E-state index contributed by atoms with van der Waals surface area (Å²) in [5.41, 5.74) is 2.50. The molecule has 1 saturated carbocycles. The van der Waals surface area contributed by atoms with Gasteiger partial charge in [0, 0.05) is 24.8 Å². The lowest BCUT2D eigenvalue weighted by atomic mass is 10.0. The van der Waals surface area contributed by atoms with E-state index in [4.69, 9.17) is 23.1 Å². The highest BCUT2D eigenvalue weighted by molar-refractivity contribution is 6.78. The van der Waals surface area contributed by atoms with Crippen LogP contribution >= 0.6 is 0 Å². The number of hydrogen-bond acceptors (Lipinski definition) is 10. The average molecular weight is 1010 g/mol. The SMILES string of the molecule is C=CCOC(=O)N1CCC[C@H]1C(=O)NC(CC(C)C)C(=O)Nc1ccc(COC(=O)Nc2cc(O[Si](C(C)C)(C(C)C)C(C)C)c(OC)cc2C(=O)N2CC3(CC3)C[C@H]2CO[Si](C)(C)C(C)(C)C)cc1. The van der Waals surface area contributed by atoms with Gasteiger partial charge in [-0.1, -0.05) is 101 Å². The quantitative estimate of drug-likeness (QED) is 0.0806. The van der Waals surface area contributed by atoms with Gasteiger partial charge in [0.2, 0.25) is 11.8 Å². The van der Waals surface area contributed by atoms with Crippen LogP contribution in [0, 0.1) is 11.3 Å². The zero-order valence-corrected chi connectivity index (χ0v) is 46.5. The third kappa shape index (κ3) is 13.3. The largest absolute Gasteiger partial charge is 0.540 e. The zero-order chi connectivity index (χ0) is 51.9. The van der Waals surface area contributed by atoms with E-state index < -0.39 is 52.7 Å². The van der Waals surface area contributed by atoms with Crippen molar-refractivity contribution in [1.29, 1.82) is 0 Å². The zero-order valence-electron chi connectivity index (χ0n) is 44.5. The molecule has 3 atom stereocenters. The number of nitrogens with zero attached hydrogens (tertiary/aromatic N) is 2. The van der Waals surface area contributed by atoms with E-state index in [1.165, 1.54) is 11.0 Å².